The lowest BCUT2D eigenvalue weighted by Crippen LogP contribution is -2.29. The van der Waals surface area contributed by atoms with Gasteiger partial charge >= 0.3 is 5.97 Å². The smallest absolute Gasteiger partial charge is 0.326 e. The molecule has 0 saturated heterocycles. The first-order chi connectivity index (χ1) is 6.65. The van der Waals surface area contributed by atoms with Crippen LogP contribution in [0.15, 0.2) is 15.9 Å². The van der Waals surface area contributed by atoms with E-state index in [1.807, 2.05) is 5.38 Å². The zero-order valence-electron chi connectivity index (χ0n) is 7.24. The van der Waals surface area contributed by atoms with E-state index in [2.05, 4.69) is 21.2 Å². The highest BCUT2D eigenvalue weighted by atomic mass is 79.9. The van der Waals surface area contributed by atoms with Gasteiger partial charge in [-0.2, -0.15) is 0 Å². The highest BCUT2D eigenvalue weighted by molar-refractivity contribution is 9.10. The monoisotopic (exact) mass is 279 g/mol. The third-order valence-electron chi connectivity index (χ3n) is 1.58. The molecular formula is C8H10BrNO3S. The molecule has 0 radical (unpaired) electrons. The van der Waals surface area contributed by atoms with Gasteiger partial charge in [-0.05, 0) is 22.0 Å². The van der Waals surface area contributed by atoms with Crippen LogP contribution >= 0.6 is 27.3 Å². The molecule has 0 aromatic carbocycles. The Labute approximate surface area is 93.7 Å². The van der Waals surface area contributed by atoms with Crippen LogP contribution in [-0.4, -0.2) is 29.3 Å². The quantitative estimate of drug-likeness (QED) is 0.758. The van der Waals surface area contributed by atoms with Crippen LogP contribution in [0, 0.1) is 0 Å². The highest BCUT2D eigenvalue weighted by Gasteiger charge is 2.20. The van der Waals surface area contributed by atoms with Crippen molar-refractivity contribution in [3.8, 4) is 0 Å². The fraction of sp³-hybridized carbons (Fsp3) is 0.375. The van der Waals surface area contributed by atoms with E-state index in [1.165, 1.54) is 11.3 Å². The van der Waals surface area contributed by atoms with Crippen molar-refractivity contribution in [2.24, 2.45) is 0 Å². The lowest BCUT2D eigenvalue weighted by molar-refractivity contribution is -0.139. The maximum absolute atomic E-state index is 10.9. The maximum Gasteiger partial charge on any atom is 0.326 e. The molecule has 1 aromatic heterocycles. The van der Waals surface area contributed by atoms with Crippen LogP contribution in [-0.2, 0) is 4.79 Å². The average Bonchev–Trinajstić information content (AvgIpc) is 2.52. The molecular weight excluding hydrogens is 270 g/mol. The number of aliphatic hydroxyl groups excluding tert-OH is 1. The molecule has 3 N–H and O–H groups in total. The Hall–Kier alpha value is -0.430. The Morgan fingerprint density at radius 2 is 2.43 bits per heavy atom. The summed E-state index contributed by atoms with van der Waals surface area (Å²) in [6.45, 7) is 0.197. The van der Waals surface area contributed by atoms with E-state index in [1.54, 1.807) is 6.07 Å². The summed E-state index contributed by atoms with van der Waals surface area (Å²) in [6, 6.07) is 1.02. The van der Waals surface area contributed by atoms with Gasteiger partial charge in [-0.3, -0.25) is 10.1 Å². The molecule has 0 bridgehead atoms. The molecule has 0 saturated carbocycles. The summed E-state index contributed by atoms with van der Waals surface area (Å²) in [4.78, 5) is 11.6. The van der Waals surface area contributed by atoms with Crippen molar-refractivity contribution >= 4 is 33.2 Å². The molecule has 1 aromatic rings. The SMILES string of the molecule is O=C(O)C(NCCO)c1cc(Br)cs1. The fourth-order valence-corrected chi connectivity index (χ4v) is 2.51. The fourth-order valence-electron chi connectivity index (χ4n) is 0.998. The van der Waals surface area contributed by atoms with Gasteiger partial charge in [0.15, 0.2) is 0 Å². The molecule has 0 aliphatic carbocycles. The highest BCUT2D eigenvalue weighted by Crippen LogP contribution is 2.25. The van der Waals surface area contributed by atoms with E-state index in [4.69, 9.17) is 10.2 Å². The second-order valence-electron chi connectivity index (χ2n) is 2.62. The molecule has 0 fully saturated rings. The minimum atomic E-state index is -0.937. The average molecular weight is 280 g/mol. The first-order valence-electron chi connectivity index (χ1n) is 3.96. The molecule has 6 heteroatoms. The Bertz CT molecular complexity index is 315. The zero-order valence-corrected chi connectivity index (χ0v) is 9.64. The van der Waals surface area contributed by atoms with E-state index in [0.29, 0.717) is 0 Å². The number of thiophene rings is 1. The molecule has 1 atom stereocenters. The van der Waals surface area contributed by atoms with Crippen LogP contribution < -0.4 is 5.32 Å². The molecule has 1 rings (SSSR count). The van der Waals surface area contributed by atoms with Gasteiger partial charge in [0.1, 0.15) is 6.04 Å². The number of nitrogens with one attached hydrogen (secondary N) is 1. The van der Waals surface area contributed by atoms with Crippen molar-refractivity contribution in [1.29, 1.82) is 0 Å². The van der Waals surface area contributed by atoms with Crippen molar-refractivity contribution in [2.45, 2.75) is 6.04 Å². The molecule has 1 unspecified atom stereocenters. The Morgan fingerprint density at radius 1 is 1.71 bits per heavy atom. The molecule has 1 heterocycles. The number of carboxylic acid groups (broad SMARTS) is 1. The number of hydrogen-bond donors (Lipinski definition) is 3. The van der Waals surface area contributed by atoms with Gasteiger partial charge in [-0.1, -0.05) is 0 Å². The predicted octanol–water partition coefficient (Wildman–Crippen LogP) is 1.22. The lowest BCUT2D eigenvalue weighted by Gasteiger charge is -2.10. The third kappa shape index (κ3) is 3.06. The van der Waals surface area contributed by atoms with Crippen molar-refractivity contribution in [3.05, 3.63) is 20.8 Å². The number of hydrogen-bond acceptors (Lipinski definition) is 4. The third-order valence-corrected chi connectivity index (χ3v) is 3.34. The summed E-state index contributed by atoms with van der Waals surface area (Å²) in [6.07, 6.45) is 0. The summed E-state index contributed by atoms with van der Waals surface area (Å²) in [5.41, 5.74) is 0. The number of aliphatic carboxylic acids is 1. The number of halogens is 1. The summed E-state index contributed by atoms with van der Waals surface area (Å²) in [7, 11) is 0. The van der Waals surface area contributed by atoms with Gasteiger partial charge in [0.25, 0.3) is 0 Å². The predicted molar refractivity (Wildman–Crippen MR) is 57.5 cm³/mol. The minimum Gasteiger partial charge on any atom is -0.480 e. The van der Waals surface area contributed by atoms with Gasteiger partial charge in [-0.15, -0.1) is 11.3 Å². The topological polar surface area (TPSA) is 69.6 Å². The molecule has 4 nitrogen and oxygen atoms in total. The number of carbonyl (C=O) groups is 1. The van der Waals surface area contributed by atoms with Crippen molar-refractivity contribution < 1.29 is 15.0 Å². The molecule has 0 spiro atoms. The summed E-state index contributed by atoms with van der Waals surface area (Å²) in [5.74, 6) is -0.937. The van der Waals surface area contributed by atoms with Crippen molar-refractivity contribution in [1.82, 2.24) is 5.32 Å². The Kier molecular flexibility index (Phi) is 4.53. The molecule has 0 aliphatic rings. The van der Waals surface area contributed by atoms with Gasteiger partial charge < -0.3 is 10.2 Å². The van der Waals surface area contributed by atoms with Crippen LogP contribution in [0.4, 0.5) is 0 Å². The number of rotatable bonds is 5. The van der Waals surface area contributed by atoms with Crippen LogP contribution in [0.1, 0.15) is 10.9 Å². The van der Waals surface area contributed by atoms with E-state index >= 15 is 0 Å². The van der Waals surface area contributed by atoms with E-state index in [0.717, 1.165) is 9.35 Å². The van der Waals surface area contributed by atoms with E-state index < -0.39 is 12.0 Å². The van der Waals surface area contributed by atoms with Crippen molar-refractivity contribution in [3.63, 3.8) is 0 Å². The molecule has 14 heavy (non-hydrogen) atoms. The van der Waals surface area contributed by atoms with E-state index in [9.17, 15) is 4.79 Å². The van der Waals surface area contributed by atoms with Crippen LogP contribution in [0.25, 0.3) is 0 Å². The Morgan fingerprint density at radius 3 is 2.86 bits per heavy atom. The number of aliphatic hydroxyl groups is 1. The first kappa shape index (κ1) is 11.6. The second kappa shape index (κ2) is 5.45. The second-order valence-corrected chi connectivity index (χ2v) is 4.47. The molecule has 0 aliphatic heterocycles. The van der Waals surface area contributed by atoms with Crippen molar-refractivity contribution in [2.75, 3.05) is 13.2 Å². The standard InChI is InChI=1S/C8H10BrNO3S/c9-5-3-6(14-4-5)7(8(12)13)10-1-2-11/h3-4,7,10-11H,1-2H2,(H,12,13). The molecule has 78 valence electrons. The minimum absolute atomic E-state index is 0.0731. The van der Waals surface area contributed by atoms with Crippen LogP contribution in [0.2, 0.25) is 0 Å². The maximum atomic E-state index is 10.9. The van der Waals surface area contributed by atoms with Gasteiger partial charge in [-0.25, -0.2) is 0 Å². The van der Waals surface area contributed by atoms with Gasteiger partial charge in [0.2, 0.25) is 0 Å². The number of carboxylic acids is 1. The zero-order chi connectivity index (χ0) is 10.6. The van der Waals surface area contributed by atoms with Crippen LogP contribution in [0.5, 0.6) is 0 Å². The van der Waals surface area contributed by atoms with Gasteiger partial charge in [0, 0.05) is 21.3 Å². The summed E-state index contributed by atoms with van der Waals surface area (Å²) < 4.78 is 0.870. The normalized spacial score (nSPS) is 12.7. The van der Waals surface area contributed by atoms with Crippen LogP contribution in [0.3, 0.4) is 0 Å². The summed E-state index contributed by atoms with van der Waals surface area (Å²) >= 11 is 4.62. The van der Waals surface area contributed by atoms with Gasteiger partial charge in [0.05, 0.1) is 6.61 Å². The Balaban J connectivity index is 2.72. The molecule has 0 amide bonds. The summed E-state index contributed by atoms with van der Waals surface area (Å²) in [5, 5.41) is 22.1. The first-order valence-corrected chi connectivity index (χ1v) is 5.63. The largest absolute Gasteiger partial charge is 0.480 e. The lowest BCUT2D eigenvalue weighted by atomic mass is 10.2. The van der Waals surface area contributed by atoms with E-state index in [-0.39, 0.29) is 13.2 Å².